The zero-order valence-corrected chi connectivity index (χ0v) is 19.9. The predicted octanol–water partition coefficient (Wildman–Crippen LogP) is 3.37. The number of likely N-dealkylation sites (tertiary alicyclic amines) is 1. The second-order valence-electron chi connectivity index (χ2n) is 9.40. The van der Waals surface area contributed by atoms with Gasteiger partial charge in [0.15, 0.2) is 0 Å². The number of anilines is 3. The molecule has 2 aliphatic rings. The van der Waals surface area contributed by atoms with Gasteiger partial charge < -0.3 is 26.0 Å². The number of rotatable bonds is 9. The number of aromatic nitrogens is 4. The molecular weight excluding hydrogens is 416 g/mol. The van der Waals surface area contributed by atoms with Gasteiger partial charge in [-0.1, -0.05) is 13.3 Å². The van der Waals surface area contributed by atoms with E-state index in [0.29, 0.717) is 12.0 Å². The highest BCUT2D eigenvalue weighted by atomic mass is 16.3. The van der Waals surface area contributed by atoms with Crippen LogP contribution < -0.4 is 16.0 Å². The summed E-state index contributed by atoms with van der Waals surface area (Å²) >= 11 is 0. The third kappa shape index (κ3) is 6.74. The van der Waals surface area contributed by atoms with Gasteiger partial charge in [-0.3, -0.25) is 0 Å². The summed E-state index contributed by atoms with van der Waals surface area (Å²) in [5.41, 5.74) is 1.68. The van der Waals surface area contributed by atoms with Gasteiger partial charge in [0.1, 0.15) is 18.0 Å². The molecule has 0 bridgehead atoms. The summed E-state index contributed by atoms with van der Waals surface area (Å²) in [5, 5.41) is 20.4. The van der Waals surface area contributed by atoms with Gasteiger partial charge in [-0.25, -0.2) is 15.0 Å². The average molecular weight is 455 g/mol. The highest BCUT2D eigenvalue weighted by molar-refractivity contribution is 5.74. The number of nitrogens with one attached hydrogen (secondary N) is 3. The smallest absolute Gasteiger partial charge is 0.224 e. The molecule has 4 N–H and O–H groups in total. The molecule has 33 heavy (non-hydrogen) atoms. The average Bonchev–Trinajstić information content (AvgIpc) is 2.83. The fourth-order valence-corrected chi connectivity index (χ4v) is 4.50. The molecule has 1 saturated heterocycles. The van der Waals surface area contributed by atoms with Crippen molar-refractivity contribution in [1.29, 1.82) is 0 Å². The predicted molar refractivity (Wildman–Crippen MR) is 132 cm³/mol. The lowest BCUT2D eigenvalue weighted by atomic mass is 9.93. The monoisotopic (exact) mass is 454 g/mol. The molecule has 2 aromatic heterocycles. The lowest BCUT2D eigenvalue weighted by molar-refractivity contribution is 0.126. The van der Waals surface area contributed by atoms with Crippen LogP contribution in [0.2, 0.25) is 0 Å². The minimum absolute atomic E-state index is 0.186. The molecule has 1 aliphatic heterocycles. The standard InChI is InChI=1S/C24H38N8O/c1-3-4-11-25-24-26-15-20(23(31-24)30-17-5-7-19(33)8-6-17)21-14-22(28-16-27-21)29-18-9-12-32(2)13-10-18/h14-19,33H,3-13H2,1-2H3,(H,27,28,29)(H2,25,26,30,31). The summed E-state index contributed by atoms with van der Waals surface area (Å²) in [6.45, 7) is 5.21. The van der Waals surface area contributed by atoms with Gasteiger partial charge >= 0.3 is 0 Å². The molecule has 9 heteroatoms. The second kappa shape index (κ2) is 11.6. The maximum atomic E-state index is 9.88. The lowest BCUT2D eigenvalue weighted by Gasteiger charge is -2.29. The number of aliphatic hydroxyl groups is 1. The summed E-state index contributed by atoms with van der Waals surface area (Å²) in [6.07, 6.45) is 11.2. The van der Waals surface area contributed by atoms with Crippen LogP contribution in [0.3, 0.4) is 0 Å². The van der Waals surface area contributed by atoms with Crippen LogP contribution in [-0.2, 0) is 0 Å². The van der Waals surface area contributed by atoms with Gasteiger partial charge in [-0.2, -0.15) is 4.98 Å². The number of hydrogen-bond acceptors (Lipinski definition) is 9. The van der Waals surface area contributed by atoms with E-state index in [9.17, 15) is 5.11 Å². The van der Waals surface area contributed by atoms with Gasteiger partial charge in [0.25, 0.3) is 0 Å². The molecule has 2 aromatic rings. The van der Waals surface area contributed by atoms with Crippen molar-refractivity contribution in [2.24, 2.45) is 0 Å². The van der Waals surface area contributed by atoms with E-state index in [1.165, 1.54) is 0 Å². The van der Waals surface area contributed by atoms with E-state index in [1.54, 1.807) is 6.33 Å². The first-order valence-corrected chi connectivity index (χ1v) is 12.4. The van der Waals surface area contributed by atoms with Crippen molar-refractivity contribution in [3.8, 4) is 11.3 Å². The van der Waals surface area contributed by atoms with Crippen LogP contribution in [0, 0.1) is 0 Å². The largest absolute Gasteiger partial charge is 0.393 e. The Labute approximate surface area is 196 Å². The summed E-state index contributed by atoms with van der Waals surface area (Å²) in [7, 11) is 2.17. The topological polar surface area (TPSA) is 111 Å². The van der Waals surface area contributed by atoms with Gasteiger partial charge in [0.2, 0.25) is 5.95 Å². The van der Waals surface area contributed by atoms with E-state index in [1.807, 2.05) is 12.3 Å². The number of hydrogen-bond donors (Lipinski definition) is 4. The third-order valence-electron chi connectivity index (χ3n) is 6.65. The molecular formula is C24H38N8O. The van der Waals surface area contributed by atoms with Crippen molar-refractivity contribution in [2.75, 3.05) is 42.6 Å². The van der Waals surface area contributed by atoms with Crippen molar-refractivity contribution in [3.05, 3.63) is 18.6 Å². The maximum absolute atomic E-state index is 9.88. The molecule has 1 saturated carbocycles. The van der Waals surface area contributed by atoms with Crippen LogP contribution in [0.1, 0.15) is 58.3 Å². The van der Waals surface area contributed by atoms with Gasteiger partial charge in [0.05, 0.1) is 17.4 Å². The molecule has 0 aromatic carbocycles. The van der Waals surface area contributed by atoms with Gasteiger partial charge in [-0.05, 0) is 65.1 Å². The van der Waals surface area contributed by atoms with Crippen molar-refractivity contribution >= 4 is 17.6 Å². The van der Waals surface area contributed by atoms with Gasteiger partial charge in [-0.15, -0.1) is 0 Å². The SMILES string of the molecule is CCCCNc1ncc(-c2cc(NC3CCN(C)CC3)ncn2)c(NC2CCC(O)CC2)n1. The molecule has 0 radical (unpaired) electrons. The zero-order chi connectivity index (χ0) is 23.0. The quantitative estimate of drug-likeness (QED) is 0.424. The maximum Gasteiger partial charge on any atom is 0.224 e. The minimum Gasteiger partial charge on any atom is -0.393 e. The Bertz CT molecular complexity index is 879. The Balaban J connectivity index is 1.53. The Hall–Kier alpha value is -2.52. The summed E-state index contributed by atoms with van der Waals surface area (Å²) < 4.78 is 0. The molecule has 0 atom stereocenters. The van der Waals surface area contributed by atoms with E-state index < -0.39 is 0 Å². The fraction of sp³-hybridized carbons (Fsp3) is 0.667. The first kappa shape index (κ1) is 23.6. The molecule has 1 aliphatic carbocycles. The Morgan fingerprint density at radius 1 is 1.00 bits per heavy atom. The van der Waals surface area contributed by atoms with Crippen molar-refractivity contribution in [1.82, 2.24) is 24.8 Å². The highest BCUT2D eigenvalue weighted by Gasteiger charge is 2.22. The molecule has 3 heterocycles. The Morgan fingerprint density at radius 2 is 1.76 bits per heavy atom. The van der Waals surface area contributed by atoms with Crippen molar-refractivity contribution in [3.63, 3.8) is 0 Å². The Kier molecular flexibility index (Phi) is 8.28. The molecule has 4 rings (SSSR count). The molecule has 180 valence electrons. The lowest BCUT2D eigenvalue weighted by Crippen LogP contribution is -2.36. The van der Waals surface area contributed by atoms with Crippen molar-refractivity contribution < 1.29 is 5.11 Å². The fourth-order valence-electron chi connectivity index (χ4n) is 4.50. The number of aliphatic hydroxyl groups excluding tert-OH is 1. The molecule has 0 unspecified atom stereocenters. The number of piperidine rings is 1. The zero-order valence-electron chi connectivity index (χ0n) is 19.9. The summed E-state index contributed by atoms with van der Waals surface area (Å²) in [5.74, 6) is 2.25. The van der Waals surface area contributed by atoms with E-state index in [-0.39, 0.29) is 12.1 Å². The van der Waals surface area contributed by atoms with Crippen LogP contribution in [0.25, 0.3) is 11.3 Å². The van der Waals surface area contributed by atoms with Gasteiger partial charge in [0, 0.05) is 30.9 Å². The van der Waals surface area contributed by atoms with Crippen LogP contribution in [0.4, 0.5) is 17.6 Å². The first-order valence-electron chi connectivity index (χ1n) is 12.4. The molecule has 9 nitrogen and oxygen atoms in total. The van der Waals surface area contributed by atoms with E-state index in [0.717, 1.165) is 93.9 Å². The molecule has 2 fully saturated rings. The van der Waals surface area contributed by atoms with Crippen LogP contribution in [-0.4, -0.2) is 74.8 Å². The highest BCUT2D eigenvalue weighted by Crippen LogP contribution is 2.30. The van der Waals surface area contributed by atoms with E-state index in [2.05, 4.69) is 49.8 Å². The van der Waals surface area contributed by atoms with E-state index >= 15 is 0 Å². The molecule has 0 amide bonds. The number of unbranched alkanes of at least 4 members (excludes halogenated alkanes) is 1. The normalized spacial score (nSPS) is 22.2. The van der Waals surface area contributed by atoms with E-state index in [4.69, 9.17) is 4.98 Å². The summed E-state index contributed by atoms with van der Waals surface area (Å²) in [4.78, 5) is 20.7. The minimum atomic E-state index is -0.186. The third-order valence-corrected chi connectivity index (χ3v) is 6.65. The van der Waals surface area contributed by atoms with Crippen molar-refractivity contribution in [2.45, 2.75) is 76.5 Å². The number of nitrogens with zero attached hydrogens (tertiary/aromatic N) is 5. The second-order valence-corrected chi connectivity index (χ2v) is 9.40. The molecule has 0 spiro atoms. The summed E-state index contributed by atoms with van der Waals surface area (Å²) in [6, 6.07) is 2.71. The first-order chi connectivity index (χ1) is 16.1. The van der Waals surface area contributed by atoms with Crippen LogP contribution >= 0.6 is 0 Å². The van der Waals surface area contributed by atoms with Crippen LogP contribution in [0.15, 0.2) is 18.6 Å². The van der Waals surface area contributed by atoms with Crippen LogP contribution in [0.5, 0.6) is 0 Å². The Morgan fingerprint density at radius 3 is 2.52 bits per heavy atom.